The number of pyridine rings is 7. The largest absolute Gasteiger partial charge is 0.512 e. The van der Waals surface area contributed by atoms with Gasteiger partial charge in [-0.15, -0.1) is 237 Å². The fourth-order valence-electron chi connectivity index (χ4n) is 14.4. The number of allylic oxidation sites excluding steroid dienone is 4. The zero-order valence-corrected chi connectivity index (χ0v) is 91.5. The molecule has 140 heavy (non-hydrogen) atoms. The third-order valence-corrected chi connectivity index (χ3v) is 20.6. The molecule has 20 aromatic rings. The van der Waals surface area contributed by atoms with Gasteiger partial charge >= 0.3 is 0 Å². The average Bonchev–Trinajstić information content (AvgIpc) is 1.47. The Morgan fingerprint density at radius 2 is 0.700 bits per heavy atom. The summed E-state index contributed by atoms with van der Waals surface area (Å²) in [5.74, 6) is -0.125. The van der Waals surface area contributed by atoms with E-state index in [1.807, 2.05) is 244 Å². The van der Waals surface area contributed by atoms with E-state index in [0.29, 0.717) is 0 Å². The zero-order chi connectivity index (χ0) is 95.2. The van der Waals surface area contributed by atoms with Crippen molar-refractivity contribution in [2.45, 2.75) is 83.1 Å². The summed E-state index contributed by atoms with van der Waals surface area (Å²) < 4.78 is 5.79. The van der Waals surface area contributed by atoms with E-state index < -0.39 is 0 Å². The second-order valence-electron chi connectivity index (χ2n) is 32.0. The van der Waals surface area contributed by atoms with Crippen molar-refractivity contribution in [3.05, 3.63) is 500 Å². The summed E-state index contributed by atoms with van der Waals surface area (Å²) in [4.78, 5) is 51.1. The Kier molecular flexibility index (Phi) is 47.8. The van der Waals surface area contributed by atoms with E-state index in [-0.39, 0.29) is 124 Å². The number of furan rings is 1. The van der Waals surface area contributed by atoms with Crippen LogP contribution in [0.5, 0.6) is 0 Å². The van der Waals surface area contributed by atoms with Crippen LogP contribution in [0.2, 0.25) is 0 Å². The Balaban J connectivity index is 0.000000217. The molecule has 0 unspecified atom stereocenters. The number of hydrogen-bond acceptors (Lipinski definition) is 12. The van der Waals surface area contributed by atoms with Crippen molar-refractivity contribution in [1.82, 2.24) is 34.9 Å². The molecule has 2 N–H and O–H groups in total. The van der Waals surface area contributed by atoms with Crippen molar-refractivity contribution in [1.29, 1.82) is 0 Å². The van der Waals surface area contributed by atoms with Crippen LogP contribution in [0, 0.1) is 97.9 Å². The monoisotopic (exact) mass is 2720 g/mol. The van der Waals surface area contributed by atoms with Gasteiger partial charge in [-0.1, -0.05) is 221 Å². The second-order valence-corrected chi connectivity index (χ2v) is 32.0. The van der Waals surface area contributed by atoms with Crippen molar-refractivity contribution in [3.63, 3.8) is 0 Å². The number of rotatable bonds is 12. The number of para-hydroxylation sites is 1. The standard InChI is InChI=1S/C19H18N.C19H16N.C18H14N.C17H10NO.C17H12N.C12H10N.C11H8N.2C5H8O2.5Ir/c1-12-8-13(2)10-16(9-12)18-11-15(4)19-14(3)6-5-7-17(19)20-18;1-14-10-15(2)12-18(11-14)19-9-8-17(13-20-19)16-6-4-3-5-7-16;1-14-7-9-15(10-8-14)17-11-12-19-18(13-17)16-5-3-2-4-6-16;1-2-7-16-13(5-1)14-11-12(8-9-17(14)19-16)15-6-3-4-10-18-15;1-3-7-14(8-4-1)16-11-12-18-17(13-16)15-9-5-2-6-10-15;1-10-7-8-12(13-9-10)11-5-3-2-4-6-11;1-2-6-10(7-3-1)11-8-4-5-9-12-11;2*1-4(6)3-5(2)7;;;;;/h5-9,11H,1-4H3;3-11,13H,1-2H3;2-5,7-13H,1H3;1-7,9-11H;1-9,11-13H;2-5,7-9H,1H3;1-6,8-9H;2*3,6H,1-2H3;;;;;/q7*-1;;;;;;;. The molecule has 0 atom stereocenters. The van der Waals surface area contributed by atoms with E-state index in [1.165, 1.54) is 106 Å². The zero-order valence-electron chi connectivity index (χ0n) is 79.5. The number of aryl methyl sites for hydroxylation is 8. The fourth-order valence-corrected chi connectivity index (χ4v) is 14.4. The quantitative estimate of drug-likeness (QED) is 0.0673. The normalized spacial score (nSPS) is 10.2. The molecule has 0 amide bonds. The summed E-state index contributed by atoms with van der Waals surface area (Å²) in [7, 11) is 0. The second kappa shape index (κ2) is 59.0. The van der Waals surface area contributed by atoms with Crippen molar-refractivity contribution in [3.8, 4) is 112 Å². The molecule has 0 saturated carbocycles. The van der Waals surface area contributed by atoms with E-state index in [9.17, 15) is 9.59 Å². The third kappa shape index (κ3) is 35.7. The van der Waals surface area contributed by atoms with Crippen LogP contribution >= 0.6 is 0 Å². The number of aliphatic hydroxyl groups is 2. The molecule has 0 bridgehead atoms. The van der Waals surface area contributed by atoms with Gasteiger partial charge in [0.2, 0.25) is 0 Å². The maximum Gasteiger partial charge on any atom is 0.155 e. The Labute approximate surface area is 890 Å². The van der Waals surface area contributed by atoms with Crippen LogP contribution in [0.1, 0.15) is 72.2 Å². The summed E-state index contributed by atoms with van der Waals surface area (Å²) >= 11 is 0. The van der Waals surface area contributed by atoms with Crippen molar-refractivity contribution in [2.75, 3.05) is 0 Å². The molecule has 0 aliphatic heterocycles. The first-order valence-corrected chi connectivity index (χ1v) is 44.2. The van der Waals surface area contributed by atoms with E-state index >= 15 is 0 Å². The Bertz CT molecular complexity index is 7090. The predicted octanol–water partition coefficient (Wildman–Crippen LogP) is 30.4. The van der Waals surface area contributed by atoms with Gasteiger partial charge in [0.25, 0.3) is 0 Å². The number of fused-ring (bicyclic) bond motifs is 4. The summed E-state index contributed by atoms with van der Waals surface area (Å²) in [5, 5.41) is 20.2. The van der Waals surface area contributed by atoms with Gasteiger partial charge in [-0.3, -0.25) is 14.6 Å². The molecule has 0 saturated heterocycles. The maximum atomic E-state index is 10.0. The van der Waals surface area contributed by atoms with Gasteiger partial charge in [-0.05, 0) is 182 Å². The van der Waals surface area contributed by atoms with E-state index in [4.69, 9.17) is 19.6 Å². The van der Waals surface area contributed by atoms with Gasteiger partial charge in [0.05, 0.1) is 22.6 Å². The summed E-state index contributed by atoms with van der Waals surface area (Å²) in [6.45, 7) is 22.5. The molecule has 0 aliphatic carbocycles. The third-order valence-electron chi connectivity index (χ3n) is 20.6. The van der Waals surface area contributed by atoms with Gasteiger partial charge in [0, 0.05) is 161 Å². The number of carbonyl (C=O) groups excluding carboxylic acids is 2. The van der Waals surface area contributed by atoms with Gasteiger partial charge in [-0.2, -0.15) is 0 Å². The fraction of sp³-hybridized carbons (Fsp3) is 0.0976. The predicted molar refractivity (Wildman–Crippen MR) is 553 cm³/mol. The Morgan fingerprint density at radius 3 is 1.14 bits per heavy atom. The average molecular weight is 2720 g/mol. The van der Waals surface area contributed by atoms with E-state index in [1.54, 1.807) is 12.4 Å². The number of ketones is 2. The van der Waals surface area contributed by atoms with Gasteiger partial charge < -0.3 is 44.5 Å². The summed E-state index contributed by atoms with van der Waals surface area (Å²) in [6, 6.07) is 141. The molecular weight excluding hydrogens is 2620 g/mol. The minimum absolute atomic E-state index is 0. The van der Waals surface area contributed by atoms with Gasteiger partial charge in [0.15, 0.2) is 11.6 Å². The first-order valence-electron chi connectivity index (χ1n) is 44.2. The van der Waals surface area contributed by atoms with Crippen LogP contribution in [-0.4, -0.2) is 56.7 Å². The van der Waals surface area contributed by atoms with E-state index in [0.717, 1.165) is 123 Å². The Morgan fingerprint density at radius 1 is 0.286 bits per heavy atom. The molecule has 12 nitrogen and oxygen atoms in total. The first-order chi connectivity index (χ1) is 65.5. The van der Waals surface area contributed by atoms with Crippen LogP contribution in [-0.2, 0) is 110 Å². The van der Waals surface area contributed by atoms with Crippen LogP contribution in [0.4, 0.5) is 0 Å². The SMILES string of the molecule is CC(=O)C=C(C)O.CC(=O)C=C(C)O.Cc1[c-]c(-c2cc(C)c3c(C)cccc3n2)cc(C)c1.Cc1[c-]c(-c2ccc(-c3ccccc3)cn2)cc(C)c1.Cc1ccc(-c2[c-]cccc2)nc1.Cc1ccc(-c2ccnc(-c3[c-]cccc3)c2)cc1.[Ir].[Ir].[Ir].[Ir].[Ir].[c-]1cc2oc3ccccc3c2cc1-c1ccccn1.[c-]1ccccc1-c1cc(-c2ccccc2)ccn1.[c-]1ccccc1-c1ccccn1. The minimum atomic E-state index is -0.125. The topological polar surface area (TPSA) is 178 Å². The number of aromatic nitrogens is 7. The first kappa shape index (κ1) is 113. The molecule has 8 aromatic heterocycles. The molecule has 8 heterocycles. The van der Waals surface area contributed by atoms with Crippen LogP contribution < -0.4 is 0 Å². The van der Waals surface area contributed by atoms with Crippen LogP contribution in [0.15, 0.2) is 417 Å². The molecule has 0 fully saturated rings. The Hall–Kier alpha value is -13.6. The number of carbonyl (C=O) groups is 2. The van der Waals surface area contributed by atoms with Gasteiger partial charge in [0.1, 0.15) is 5.58 Å². The van der Waals surface area contributed by atoms with Crippen LogP contribution in [0.3, 0.4) is 0 Å². The number of aliphatic hydroxyl groups excluding tert-OH is 2. The number of nitrogens with zero attached hydrogens (tertiary/aromatic N) is 7. The van der Waals surface area contributed by atoms with Crippen molar-refractivity contribution < 1.29 is 125 Å². The van der Waals surface area contributed by atoms with Crippen molar-refractivity contribution in [2.24, 2.45) is 0 Å². The maximum absolute atomic E-state index is 10.0. The van der Waals surface area contributed by atoms with E-state index in [2.05, 4.69) is 260 Å². The molecule has 0 aliphatic rings. The summed E-state index contributed by atoms with van der Waals surface area (Å²) in [5.41, 5.74) is 33.8. The number of hydrogen-bond donors (Lipinski definition) is 2. The van der Waals surface area contributed by atoms with Crippen LogP contribution in [0.25, 0.3) is 145 Å². The molecule has 713 valence electrons. The molecule has 20 rings (SSSR count). The van der Waals surface area contributed by atoms with Crippen molar-refractivity contribution >= 4 is 44.4 Å². The molecular formula is C123H104Ir5N7O5-7. The molecule has 5 radical (unpaired) electrons. The number of benzene rings is 12. The molecule has 12 aromatic carbocycles. The summed E-state index contributed by atoms with van der Waals surface area (Å²) in [6.07, 6.45) is 13.4. The molecule has 0 spiro atoms. The van der Waals surface area contributed by atoms with Gasteiger partial charge in [-0.25, -0.2) is 0 Å². The molecule has 17 heteroatoms. The smallest absolute Gasteiger partial charge is 0.155 e. The minimum Gasteiger partial charge on any atom is -0.512 e.